The summed E-state index contributed by atoms with van der Waals surface area (Å²) < 4.78 is 26.6. The molecule has 2 aromatic rings. The monoisotopic (exact) mass is 346 g/mol. The molecular weight excluding hydrogens is 338 g/mol. The van der Waals surface area contributed by atoms with Gasteiger partial charge in [0.25, 0.3) is 6.43 Å². The third kappa shape index (κ3) is 3.70. The molecule has 100 valence electrons. The van der Waals surface area contributed by atoms with Gasteiger partial charge in [0.15, 0.2) is 0 Å². The molecule has 0 bridgehead atoms. The van der Waals surface area contributed by atoms with Crippen molar-refractivity contribution >= 4 is 27.5 Å². The number of benzene rings is 1. The fourth-order valence-corrected chi connectivity index (χ4v) is 2.32. The van der Waals surface area contributed by atoms with Gasteiger partial charge in [-0.15, -0.1) is 11.6 Å². The Labute approximate surface area is 123 Å². The third-order valence-electron chi connectivity index (χ3n) is 2.55. The maximum atomic E-state index is 12.8. The van der Waals surface area contributed by atoms with Crippen LogP contribution in [0.5, 0.6) is 0 Å². The molecule has 1 aromatic carbocycles. The Bertz CT molecular complexity index is 578. The Morgan fingerprint density at radius 1 is 1.32 bits per heavy atom. The van der Waals surface area contributed by atoms with Crippen molar-refractivity contribution in [2.75, 3.05) is 0 Å². The van der Waals surface area contributed by atoms with Gasteiger partial charge in [0.05, 0.1) is 5.88 Å². The summed E-state index contributed by atoms with van der Waals surface area (Å²) in [6.45, 7) is 0. The molecule has 1 aromatic heterocycles. The van der Waals surface area contributed by atoms with E-state index in [-0.39, 0.29) is 17.1 Å². The molecule has 0 radical (unpaired) electrons. The van der Waals surface area contributed by atoms with Crippen LogP contribution in [0.15, 0.2) is 34.9 Å². The van der Waals surface area contributed by atoms with E-state index >= 15 is 0 Å². The zero-order chi connectivity index (χ0) is 13.8. The molecule has 0 unspecified atom stereocenters. The molecule has 6 heteroatoms. The lowest BCUT2D eigenvalue weighted by Crippen LogP contribution is -2.04. The highest BCUT2D eigenvalue weighted by Crippen LogP contribution is 2.22. The van der Waals surface area contributed by atoms with Gasteiger partial charge in [-0.25, -0.2) is 18.7 Å². The largest absolute Gasteiger partial charge is 0.280 e. The van der Waals surface area contributed by atoms with E-state index in [4.69, 9.17) is 11.6 Å². The Morgan fingerprint density at radius 2 is 2.11 bits per heavy atom. The Balaban J connectivity index is 2.28. The van der Waals surface area contributed by atoms with E-state index in [0.29, 0.717) is 12.2 Å². The van der Waals surface area contributed by atoms with Crippen LogP contribution >= 0.6 is 27.5 Å². The zero-order valence-corrected chi connectivity index (χ0v) is 12.1. The van der Waals surface area contributed by atoms with Gasteiger partial charge in [-0.05, 0) is 17.7 Å². The van der Waals surface area contributed by atoms with E-state index in [1.807, 2.05) is 24.3 Å². The molecule has 0 fully saturated rings. The van der Waals surface area contributed by atoms with E-state index in [1.165, 1.54) is 6.20 Å². The van der Waals surface area contributed by atoms with Crippen molar-refractivity contribution in [2.24, 2.45) is 0 Å². The second-order valence-electron chi connectivity index (χ2n) is 3.94. The SMILES string of the molecule is FC(F)c1nc(Cc2cccc(Br)c2)ncc1CCl. The second kappa shape index (κ2) is 6.39. The summed E-state index contributed by atoms with van der Waals surface area (Å²) in [5.74, 6) is 0.346. The summed E-state index contributed by atoms with van der Waals surface area (Å²) in [5.41, 5.74) is 0.942. The molecular formula is C13H10BrClF2N2. The van der Waals surface area contributed by atoms with Crippen LogP contribution in [0.3, 0.4) is 0 Å². The molecule has 0 N–H and O–H groups in total. The number of alkyl halides is 3. The maximum absolute atomic E-state index is 12.8. The van der Waals surface area contributed by atoms with Crippen LogP contribution in [0.25, 0.3) is 0 Å². The minimum absolute atomic E-state index is 0.0170. The molecule has 0 saturated heterocycles. The smallest absolute Gasteiger partial charge is 0.241 e. The number of halogens is 4. The molecule has 19 heavy (non-hydrogen) atoms. The first-order chi connectivity index (χ1) is 9.10. The van der Waals surface area contributed by atoms with Gasteiger partial charge in [0, 0.05) is 22.7 Å². The van der Waals surface area contributed by atoms with Crippen LogP contribution in [-0.4, -0.2) is 9.97 Å². The van der Waals surface area contributed by atoms with Crippen molar-refractivity contribution < 1.29 is 8.78 Å². The van der Waals surface area contributed by atoms with Crippen molar-refractivity contribution in [3.05, 3.63) is 57.6 Å². The maximum Gasteiger partial charge on any atom is 0.280 e. The number of rotatable bonds is 4. The molecule has 2 rings (SSSR count). The molecule has 0 amide bonds. The Hall–Kier alpha value is -1.07. The molecule has 0 aliphatic carbocycles. The van der Waals surface area contributed by atoms with Gasteiger partial charge in [0.1, 0.15) is 11.5 Å². The van der Waals surface area contributed by atoms with E-state index in [2.05, 4.69) is 25.9 Å². The quantitative estimate of drug-likeness (QED) is 0.761. The van der Waals surface area contributed by atoms with Gasteiger partial charge in [-0.2, -0.15) is 0 Å². The van der Waals surface area contributed by atoms with Gasteiger partial charge < -0.3 is 0 Å². The van der Waals surface area contributed by atoms with Crippen LogP contribution in [0.2, 0.25) is 0 Å². The average molecular weight is 348 g/mol. The van der Waals surface area contributed by atoms with Gasteiger partial charge in [-0.3, -0.25) is 0 Å². The van der Waals surface area contributed by atoms with Crippen molar-refractivity contribution in [1.82, 2.24) is 9.97 Å². The summed E-state index contributed by atoms with van der Waals surface area (Å²) in [6.07, 6.45) is -0.866. The predicted octanol–water partition coefficient (Wildman–Crippen LogP) is 4.51. The number of hydrogen-bond acceptors (Lipinski definition) is 2. The molecule has 0 saturated carbocycles. The standard InChI is InChI=1S/C13H10BrClF2N2/c14-10-3-1-2-8(4-10)5-11-18-7-9(6-15)12(19-11)13(16)17/h1-4,7,13H,5-6H2. The average Bonchev–Trinajstić information content (AvgIpc) is 2.38. The van der Waals surface area contributed by atoms with Crippen LogP contribution in [0, 0.1) is 0 Å². The first kappa shape index (κ1) is 14.3. The lowest BCUT2D eigenvalue weighted by atomic mass is 10.1. The van der Waals surface area contributed by atoms with E-state index in [0.717, 1.165) is 10.0 Å². The van der Waals surface area contributed by atoms with E-state index in [1.54, 1.807) is 0 Å². The van der Waals surface area contributed by atoms with Crippen molar-refractivity contribution in [3.8, 4) is 0 Å². The molecule has 1 heterocycles. The molecule has 0 aliphatic heterocycles. The van der Waals surface area contributed by atoms with E-state index < -0.39 is 6.43 Å². The first-order valence-electron chi connectivity index (χ1n) is 5.53. The highest BCUT2D eigenvalue weighted by Gasteiger charge is 2.16. The summed E-state index contributed by atoms with van der Waals surface area (Å²) in [7, 11) is 0. The molecule has 2 nitrogen and oxygen atoms in total. The first-order valence-corrected chi connectivity index (χ1v) is 6.86. The number of hydrogen-bond donors (Lipinski definition) is 0. The fraction of sp³-hybridized carbons (Fsp3) is 0.231. The van der Waals surface area contributed by atoms with Crippen molar-refractivity contribution in [3.63, 3.8) is 0 Å². The summed E-state index contributed by atoms with van der Waals surface area (Å²) in [4.78, 5) is 7.98. The molecule has 0 spiro atoms. The minimum atomic E-state index is -2.64. The highest BCUT2D eigenvalue weighted by molar-refractivity contribution is 9.10. The van der Waals surface area contributed by atoms with Crippen molar-refractivity contribution in [2.45, 2.75) is 18.7 Å². The summed E-state index contributed by atoms with van der Waals surface area (Å²) >= 11 is 8.95. The number of aromatic nitrogens is 2. The Kier molecular flexibility index (Phi) is 4.82. The summed E-state index contributed by atoms with van der Waals surface area (Å²) in [5, 5.41) is 0. The Morgan fingerprint density at radius 3 is 2.74 bits per heavy atom. The molecule has 0 atom stereocenters. The van der Waals surface area contributed by atoms with Crippen molar-refractivity contribution in [1.29, 1.82) is 0 Å². The lowest BCUT2D eigenvalue weighted by Gasteiger charge is -2.07. The predicted molar refractivity (Wildman–Crippen MR) is 73.5 cm³/mol. The fourth-order valence-electron chi connectivity index (χ4n) is 1.66. The normalized spacial score (nSPS) is 11.0. The highest BCUT2D eigenvalue weighted by atomic mass is 79.9. The summed E-state index contributed by atoms with van der Waals surface area (Å²) in [6, 6.07) is 7.57. The van der Waals surface area contributed by atoms with Gasteiger partial charge >= 0.3 is 0 Å². The van der Waals surface area contributed by atoms with Crippen LogP contribution < -0.4 is 0 Å². The molecule has 0 aliphatic rings. The minimum Gasteiger partial charge on any atom is -0.241 e. The van der Waals surface area contributed by atoms with E-state index in [9.17, 15) is 8.78 Å². The topological polar surface area (TPSA) is 25.8 Å². The second-order valence-corrected chi connectivity index (χ2v) is 5.12. The van der Waals surface area contributed by atoms with Crippen LogP contribution in [0.4, 0.5) is 8.78 Å². The zero-order valence-electron chi connectivity index (χ0n) is 9.78. The van der Waals surface area contributed by atoms with Crippen LogP contribution in [0.1, 0.15) is 29.1 Å². The lowest BCUT2D eigenvalue weighted by molar-refractivity contribution is 0.144. The van der Waals surface area contributed by atoms with Gasteiger partial charge in [0.2, 0.25) is 0 Å². The van der Waals surface area contributed by atoms with Gasteiger partial charge in [-0.1, -0.05) is 28.1 Å². The number of nitrogens with zero attached hydrogens (tertiary/aromatic N) is 2. The van der Waals surface area contributed by atoms with Crippen LogP contribution in [-0.2, 0) is 12.3 Å². The third-order valence-corrected chi connectivity index (χ3v) is 3.33.